The van der Waals surface area contributed by atoms with Gasteiger partial charge >= 0.3 is 6.18 Å². The zero-order valence-electron chi connectivity index (χ0n) is 10.8. The van der Waals surface area contributed by atoms with E-state index in [2.05, 4.69) is 5.32 Å². The Balaban J connectivity index is 2.77. The zero-order chi connectivity index (χ0) is 14.6. The normalized spacial score (nSPS) is 14.8. The molecule has 0 aliphatic carbocycles. The molecule has 0 aliphatic heterocycles. The predicted octanol–water partition coefficient (Wildman–Crippen LogP) is 2.62. The highest BCUT2D eigenvalue weighted by atomic mass is 19.4. The van der Waals surface area contributed by atoms with Gasteiger partial charge in [-0.25, -0.2) is 0 Å². The molecular weight excluding hydrogens is 257 g/mol. The summed E-state index contributed by atoms with van der Waals surface area (Å²) in [6, 6.07) is 4.20. The van der Waals surface area contributed by atoms with Gasteiger partial charge in [0.1, 0.15) is 0 Å². The monoisotopic (exact) mass is 274 g/mol. The molecule has 0 heterocycles. The van der Waals surface area contributed by atoms with Gasteiger partial charge in [-0.2, -0.15) is 13.2 Å². The molecule has 3 nitrogen and oxygen atoms in total. The highest BCUT2D eigenvalue weighted by Gasteiger charge is 2.30. The molecule has 1 amide bonds. The molecule has 1 aromatic carbocycles. The average Bonchev–Trinajstić information content (AvgIpc) is 2.26. The predicted molar refractivity (Wildman–Crippen MR) is 66.3 cm³/mol. The Labute approximate surface area is 110 Å². The molecular formula is C13H17F3N2O. The van der Waals surface area contributed by atoms with Crippen LogP contribution in [-0.4, -0.2) is 11.9 Å². The summed E-state index contributed by atoms with van der Waals surface area (Å²) in [5.41, 5.74) is 5.56. The fraction of sp³-hybridized carbons (Fsp3) is 0.462. The van der Waals surface area contributed by atoms with Gasteiger partial charge in [-0.3, -0.25) is 4.79 Å². The molecule has 0 spiro atoms. The highest BCUT2D eigenvalue weighted by Crippen LogP contribution is 2.31. The smallest absolute Gasteiger partial charge is 0.354 e. The van der Waals surface area contributed by atoms with E-state index in [1.54, 1.807) is 13.0 Å². The second-order valence-electron chi connectivity index (χ2n) is 4.57. The molecule has 2 unspecified atom stereocenters. The van der Waals surface area contributed by atoms with Crippen LogP contribution < -0.4 is 11.1 Å². The molecule has 0 saturated heterocycles. The van der Waals surface area contributed by atoms with Crippen LogP contribution in [0.1, 0.15) is 37.4 Å². The van der Waals surface area contributed by atoms with Crippen molar-refractivity contribution in [1.29, 1.82) is 0 Å². The lowest BCUT2D eigenvalue weighted by molar-refractivity contribution is -0.137. The molecule has 0 aliphatic rings. The van der Waals surface area contributed by atoms with E-state index in [4.69, 9.17) is 5.73 Å². The Kier molecular flexibility index (Phi) is 4.94. The number of hydrogen-bond donors (Lipinski definition) is 2. The number of rotatable bonds is 4. The molecule has 0 aromatic heterocycles. The minimum atomic E-state index is -4.38. The summed E-state index contributed by atoms with van der Waals surface area (Å²) in [4.78, 5) is 10.9. The molecule has 0 saturated carbocycles. The Morgan fingerprint density at radius 3 is 2.58 bits per heavy atom. The van der Waals surface area contributed by atoms with Gasteiger partial charge in [0.05, 0.1) is 5.56 Å². The first kappa shape index (κ1) is 15.5. The molecule has 3 N–H and O–H groups in total. The van der Waals surface area contributed by atoms with Crippen molar-refractivity contribution in [3.63, 3.8) is 0 Å². The van der Waals surface area contributed by atoms with Crippen LogP contribution in [-0.2, 0) is 11.0 Å². The summed E-state index contributed by atoms with van der Waals surface area (Å²) >= 11 is 0. The van der Waals surface area contributed by atoms with Gasteiger partial charge in [0.2, 0.25) is 5.91 Å². The first-order chi connectivity index (χ1) is 8.70. The molecule has 6 heteroatoms. The van der Waals surface area contributed by atoms with Crippen molar-refractivity contribution in [2.24, 2.45) is 5.73 Å². The highest BCUT2D eigenvalue weighted by molar-refractivity contribution is 5.73. The minimum Gasteiger partial charge on any atom is -0.354 e. The van der Waals surface area contributed by atoms with Gasteiger partial charge in [0, 0.05) is 19.0 Å². The number of benzene rings is 1. The van der Waals surface area contributed by atoms with Crippen molar-refractivity contribution in [3.05, 3.63) is 35.4 Å². The summed E-state index contributed by atoms with van der Waals surface area (Å²) in [5.74, 6) is -0.191. The van der Waals surface area contributed by atoms with Crippen LogP contribution in [0.25, 0.3) is 0 Å². The third-order valence-electron chi connectivity index (χ3n) is 2.70. The van der Waals surface area contributed by atoms with Gasteiger partial charge < -0.3 is 11.1 Å². The van der Waals surface area contributed by atoms with Crippen molar-refractivity contribution in [3.8, 4) is 0 Å². The number of nitrogens with one attached hydrogen (secondary N) is 1. The summed E-state index contributed by atoms with van der Waals surface area (Å²) in [5, 5.41) is 2.65. The van der Waals surface area contributed by atoms with Gasteiger partial charge in [0.25, 0.3) is 0 Å². The van der Waals surface area contributed by atoms with Crippen molar-refractivity contribution >= 4 is 5.91 Å². The maximum absolute atomic E-state index is 12.6. The van der Waals surface area contributed by atoms with Crippen LogP contribution in [0.2, 0.25) is 0 Å². The number of amides is 1. The first-order valence-electron chi connectivity index (χ1n) is 5.90. The van der Waals surface area contributed by atoms with E-state index in [1.807, 2.05) is 0 Å². The second kappa shape index (κ2) is 6.06. The third kappa shape index (κ3) is 4.90. The maximum atomic E-state index is 12.6. The molecule has 1 rings (SSSR count). The summed E-state index contributed by atoms with van der Waals surface area (Å²) in [6.07, 6.45) is -4.00. The van der Waals surface area contributed by atoms with Crippen LogP contribution in [0, 0.1) is 0 Å². The van der Waals surface area contributed by atoms with Gasteiger partial charge in [-0.05, 0) is 31.0 Å². The lowest BCUT2D eigenvalue weighted by Crippen LogP contribution is -2.33. The standard InChI is InChI=1S/C13H17F3N2O/c1-8(18-9(2)19)6-12(17)10-4-3-5-11(7-10)13(14,15)16/h3-5,7-8,12H,6,17H2,1-2H3,(H,18,19). The zero-order valence-corrected chi connectivity index (χ0v) is 10.8. The Morgan fingerprint density at radius 2 is 2.05 bits per heavy atom. The van der Waals surface area contributed by atoms with Crippen molar-refractivity contribution in [2.75, 3.05) is 0 Å². The van der Waals surface area contributed by atoms with E-state index in [-0.39, 0.29) is 11.9 Å². The number of nitrogens with two attached hydrogens (primary N) is 1. The van der Waals surface area contributed by atoms with E-state index in [0.29, 0.717) is 12.0 Å². The van der Waals surface area contributed by atoms with E-state index in [9.17, 15) is 18.0 Å². The lowest BCUT2D eigenvalue weighted by Gasteiger charge is -2.19. The Bertz CT molecular complexity index is 446. The fourth-order valence-electron chi connectivity index (χ4n) is 1.87. The number of hydrogen-bond acceptors (Lipinski definition) is 2. The number of carbonyl (C=O) groups is 1. The van der Waals surface area contributed by atoms with Crippen LogP contribution >= 0.6 is 0 Å². The Morgan fingerprint density at radius 1 is 1.42 bits per heavy atom. The van der Waals surface area contributed by atoms with E-state index in [1.165, 1.54) is 13.0 Å². The maximum Gasteiger partial charge on any atom is 0.416 e. The topological polar surface area (TPSA) is 55.1 Å². The summed E-state index contributed by atoms with van der Waals surface area (Å²) < 4.78 is 37.7. The van der Waals surface area contributed by atoms with Crippen LogP contribution in [0.4, 0.5) is 13.2 Å². The van der Waals surface area contributed by atoms with E-state index >= 15 is 0 Å². The van der Waals surface area contributed by atoms with E-state index in [0.717, 1.165) is 12.1 Å². The number of carbonyl (C=O) groups excluding carboxylic acids is 1. The quantitative estimate of drug-likeness (QED) is 0.886. The first-order valence-corrected chi connectivity index (χ1v) is 5.90. The van der Waals surface area contributed by atoms with E-state index < -0.39 is 17.8 Å². The number of alkyl halides is 3. The molecule has 1 aromatic rings. The molecule has 106 valence electrons. The molecule has 0 radical (unpaired) electrons. The molecule has 0 bridgehead atoms. The molecule has 2 atom stereocenters. The van der Waals surface area contributed by atoms with Crippen molar-refractivity contribution in [2.45, 2.75) is 38.5 Å². The van der Waals surface area contributed by atoms with Crippen LogP contribution in [0.5, 0.6) is 0 Å². The van der Waals surface area contributed by atoms with Gasteiger partial charge in [-0.15, -0.1) is 0 Å². The van der Waals surface area contributed by atoms with Gasteiger partial charge in [0.15, 0.2) is 0 Å². The molecule has 19 heavy (non-hydrogen) atoms. The van der Waals surface area contributed by atoms with Crippen molar-refractivity contribution in [1.82, 2.24) is 5.32 Å². The van der Waals surface area contributed by atoms with Crippen LogP contribution in [0.15, 0.2) is 24.3 Å². The largest absolute Gasteiger partial charge is 0.416 e. The minimum absolute atomic E-state index is 0.191. The third-order valence-corrected chi connectivity index (χ3v) is 2.70. The molecule has 0 fully saturated rings. The SMILES string of the molecule is CC(=O)NC(C)CC(N)c1cccc(C(F)(F)F)c1. The lowest BCUT2D eigenvalue weighted by atomic mass is 9.99. The Hall–Kier alpha value is -1.56. The summed E-state index contributed by atoms with van der Waals surface area (Å²) in [7, 11) is 0. The summed E-state index contributed by atoms with van der Waals surface area (Å²) in [6.45, 7) is 3.14. The van der Waals surface area contributed by atoms with Gasteiger partial charge in [-0.1, -0.05) is 12.1 Å². The average molecular weight is 274 g/mol. The van der Waals surface area contributed by atoms with Crippen molar-refractivity contribution < 1.29 is 18.0 Å². The second-order valence-corrected chi connectivity index (χ2v) is 4.57. The number of halogens is 3. The fourth-order valence-corrected chi connectivity index (χ4v) is 1.87. The van der Waals surface area contributed by atoms with Crippen LogP contribution in [0.3, 0.4) is 0 Å².